The Kier molecular flexibility index (Phi) is 6.58. The predicted octanol–water partition coefficient (Wildman–Crippen LogP) is 4.02. The number of ether oxygens (including phenoxy) is 1. The average molecular weight is 442 g/mol. The van der Waals surface area contributed by atoms with E-state index in [9.17, 15) is 19.3 Å². The van der Waals surface area contributed by atoms with Crippen LogP contribution in [-0.4, -0.2) is 22.5 Å². The first-order chi connectivity index (χ1) is 12.3. The Bertz CT molecular complexity index is 879. The van der Waals surface area contributed by atoms with E-state index in [1.807, 2.05) is 6.92 Å². The lowest BCUT2D eigenvalue weighted by atomic mass is 10.2. The largest absolute Gasteiger partial charge is 0.493 e. The van der Waals surface area contributed by atoms with Crippen LogP contribution in [0, 0.1) is 15.9 Å². The number of anilines is 1. The number of nitro benzene ring substituents is 1. The average Bonchev–Trinajstić information content (AvgIpc) is 2.58. The van der Waals surface area contributed by atoms with Gasteiger partial charge in [0.05, 0.1) is 16.0 Å². The number of hydrogen-bond donors (Lipinski definition) is 2. The van der Waals surface area contributed by atoms with Gasteiger partial charge in [-0.1, -0.05) is 0 Å². The van der Waals surface area contributed by atoms with E-state index in [-0.39, 0.29) is 10.8 Å². The van der Waals surface area contributed by atoms with Gasteiger partial charge in [-0.15, -0.1) is 0 Å². The van der Waals surface area contributed by atoms with E-state index in [1.54, 1.807) is 18.2 Å². The van der Waals surface area contributed by atoms with Crippen LogP contribution in [0.15, 0.2) is 40.9 Å². The van der Waals surface area contributed by atoms with Crippen LogP contribution in [0.25, 0.3) is 0 Å². The lowest BCUT2D eigenvalue weighted by Gasteiger charge is -2.11. The molecule has 0 aliphatic rings. The van der Waals surface area contributed by atoms with E-state index in [0.717, 1.165) is 12.1 Å². The molecule has 0 aliphatic carbocycles. The molecule has 1 amide bonds. The molecular formula is C16H13BrFN3O4S. The summed E-state index contributed by atoms with van der Waals surface area (Å²) in [5.41, 5.74) is -0.189. The molecule has 2 aromatic carbocycles. The van der Waals surface area contributed by atoms with Crippen LogP contribution in [0.4, 0.5) is 15.8 Å². The van der Waals surface area contributed by atoms with Crippen LogP contribution in [0.1, 0.15) is 17.3 Å². The molecule has 0 fully saturated rings. The summed E-state index contributed by atoms with van der Waals surface area (Å²) in [6.07, 6.45) is 0. The lowest BCUT2D eigenvalue weighted by Crippen LogP contribution is -2.34. The fourth-order valence-corrected chi connectivity index (χ4v) is 2.69. The Labute approximate surface area is 161 Å². The molecule has 0 bridgehead atoms. The van der Waals surface area contributed by atoms with Crippen molar-refractivity contribution >= 4 is 50.5 Å². The van der Waals surface area contributed by atoms with Crippen LogP contribution in [0.3, 0.4) is 0 Å². The number of nitro groups is 1. The van der Waals surface area contributed by atoms with Crippen LogP contribution >= 0.6 is 28.1 Å². The lowest BCUT2D eigenvalue weighted by molar-refractivity contribution is -0.387. The first-order valence-corrected chi connectivity index (χ1v) is 8.50. The van der Waals surface area contributed by atoms with Crippen molar-refractivity contribution in [1.29, 1.82) is 0 Å². The predicted molar refractivity (Wildman–Crippen MR) is 102 cm³/mol. The van der Waals surface area contributed by atoms with Gasteiger partial charge in [-0.2, -0.15) is 4.39 Å². The summed E-state index contributed by atoms with van der Waals surface area (Å²) >= 11 is 8.32. The molecule has 2 aromatic rings. The van der Waals surface area contributed by atoms with Crippen molar-refractivity contribution in [3.63, 3.8) is 0 Å². The number of nitrogens with one attached hydrogen (secondary N) is 2. The molecule has 2 N–H and O–H groups in total. The topological polar surface area (TPSA) is 93.5 Å². The smallest absolute Gasteiger partial charge is 0.306 e. The summed E-state index contributed by atoms with van der Waals surface area (Å²) in [5.74, 6) is -0.846. The van der Waals surface area contributed by atoms with Gasteiger partial charge in [-0.3, -0.25) is 20.2 Å². The van der Waals surface area contributed by atoms with Gasteiger partial charge in [-0.25, -0.2) is 0 Å². The molecule has 10 heteroatoms. The van der Waals surface area contributed by atoms with Gasteiger partial charge in [-0.05, 0) is 65.4 Å². The quantitative estimate of drug-likeness (QED) is 0.413. The first kappa shape index (κ1) is 19.7. The van der Waals surface area contributed by atoms with Gasteiger partial charge in [0, 0.05) is 17.3 Å². The van der Waals surface area contributed by atoms with Gasteiger partial charge in [0.15, 0.2) is 5.11 Å². The highest BCUT2D eigenvalue weighted by Crippen LogP contribution is 2.26. The number of benzene rings is 2. The van der Waals surface area contributed by atoms with E-state index in [2.05, 4.69) is 26.6 Å². The standard InChI is InChI=1S/C16H13BrFN3O4S/c1-2-25-14-6-3-9(7-11(14)17)15(22)20-16(26)19-10-4-5-12(18)13(8-10)21(23)24/h3-8H,2H2,1H3,(H2,19,20,22,26). The maximum Gasteiger partial charge on any atom is 0.306 e. The number of carbonyl (C=O) groups is 1. The molecule has 0 radical (unpaired) electrons. The Hall–Kier alpha value is -2.59. The number of hydrogen-bond acceptors (Lipinski definition) is 5. The van der Waals surface area contributed by atoms with Gasteiger partial charge < -0.3 is 10.1 Å². The second-order valence-electron chi connectivity index (χ2n) is 4.91. The van der Waals surface area contributed by atoms with Crippen LogP contribution in [0.2, 0.25) is 0 Å². The van der Waals surface area contributed by atoms with E-state index < -0.39 is 22.3 Å². The maximum absolute atomic E-state index is 13.3. The minimum atomic E-state index is -0.963. The fourth-order valence-electron chi connectivity index (χ4n) is 1.98. The molecule has 0 saturated heterocycles. The third kappa shape index (κ3) is 4.96. The summed E-state index contributed by atoms with van der Waals surface area (Å²) in [4.78, 5) is 22.1. The van der Waals surface area contributed by atoms with Crippen molar-refractivity contribution in [2.75, 3.05) is 11.9 Å². The number of thiocarbonyl (C=S) groups is 1. The molecule has 2 rings (SSSR count). The van der Waals surface area contributed by atoms with E-state index in [4.69, 9.17) is 17.0 Å². The molecule has 0 spiro atoms. The SMILES string of the molecule is CCOc1ccc(C(=O)NC(=S)Nc2ccc(F)c([N+](=O)[O-])c2)cc1Br. The van der Waals surface area contributed by atoms with Gasteiger partial charge >= 0.3 is 5.69 Å². The molecule has 136 valence electrons. The number of carbonyl (C=O) groups excluding carboxylic acids is 1. The van der Waals surface area contributed by atoms with Gasteiger partial charge in [0.2, 0.25) is 5.82 Å². The minimum Gasteiger partial charge on any atom is -0.493 e. The van der Waals surface area contributed by atoms with Crippen LogP contribution in [-0.2, 0) is 0 Å². The van der Waals surface area contributed by atoms with Crippen LogP contribution < -0.4 is 15.4 Å². The summed E-state index contributed by atoms with van der Waals surface area (Å²) < 4.78 is 19.3. The normalized spacial score (nSPS) is 10.1. The van der Waals surface area contributed by atoms with Crippen molar-refractivity contribution in [3.05, 3.63) is 62.4 Å². The van der Waals surface area contributed by atoms with E-state index in [0.29, 0.717) is 22.4 Å². The Morgan fingerprint density at radius 3 is 2.69 bits per heavy atom. The van der Waals surface area contributed by atoms with Gasteiger partial charge in [0.1, 0.15) is 5.75 Å². The second kappa shape index (κ2) is 8.68. The molecule has 7 nitrogen and oxygen atoms in total. The van der Waals surface area contributed by atoms with Crippen molar-refractivity contribution < 1.29 is 18.8 Å². The highest BCUT2D eigenvalue weighted by molar-refractivity contribution is 9.10. The molecule has 0 aliphatic heterocycles. The molecular weight excluding hydrogens is 429 g/mol. The zero-order chi connectivity index (χ0) is 19.3. The molecule has 0 aromatic heterocycles. The molecule has 0 saturated carbocycles. The van der Waals surface area contributed by atoms with E-state index in [1.165, 1.54) is 6.07 Å². The van der Waals surface area contributed by atoms with E-state index >= 15 is 0 Å². The molecule has 0 heterocycles. The zero-order valence-corrected chi connectivity index (χ0v) is 15.8. The summed E-state index contributed by atoms with van der Waals surface area (Å²) in [5, 5.41) is 15.7. The highest BCUT2D eigenvalue weighted by atomic mass is 79.9. The summed E-state index contributed by atoms with van der Waals surface area (Å²) in [6, 6.07) is 7.98. The first-order valence-electron chi connectivity index (χ1n) is 7.30. The van der Waals surface area contributed by atoms with Crippen molar-refractivity contribution in [2.24, 2.45) is 0 Å². The van der Waals surface area contributed by atoms with Crippen molar-refractivity contribution in [3.8, 4) is 5.75 Å². The molecule has 0 atom stereocenters. The number of rotatable bonds is 5. The second-order valence-corrected chi connectivity index (χ2v) is 6.17. The Morgan fingerprint density at radius 1 is 1.35 bits per heavy atom. The minimum absolute atomic E-state index is 0.0825. The maximum atomic E-state index is 13.3. The Balaban J connectivity index is 2.06. The number of nitrogens with zero attached hydrogens (tertiary/aromatic N) is 1. The molecule has 0 unspecified atom stereocenters. The monoisotopic (exact) mass is 441 g/mol. The highest BCUT2D eigenvalue weighted by Gasteiger charge is 2.16. The number of halogens is 2. The number of amides is 1. The third-order valence-corrected chi connectivity index (χ3v) is 3.95. The van der Waals surface area contributed by atoms with Gasteiger partial charge in [0.25, 0.3) is 5.91 Å². The van der Waals surface area contributed by atoms with Crippen molar-refractivity contribution in [2.45, 2.75) is 6.92 Å². The Morgan fingerprint density at radius 2 is 2.08 bits per heavy atom. The summed E-state index contributed by atoms with van der Waals surface area (Å²) in [7, 11) is 0. The molecule has 26 heavy (non-hydrogen) atoms. The third-order valence-electron chi connectivity index (χ3n) is 3.12. The summed E-state index contributed by atoms with van der Waals surface area (Å²) in [6.45, 7) is 2.33. The fraction of sp³-hybridized carbons (Fsp3) is 0.125. The van der Waals surface area contributed by atoms with Crippen molar-refractivity contribution in [1.82, 2.24) is 5.32 Å². The zero-order valence-electron chi connectivity index (χ0n) is 13.4. The van der Waals surface area contributed by atoms with Crippen LogP contribution in [0.5, 0.6) is 5.75 Å².